The van der Waals surface area contributed by atoms with Crippen LogP contribution in [-0.4, -0.2) is 23.7 Å². The standard InChI is InChI=1S/C17H20N2O2/c18-11-14-10-13(17(20)21)7-8-16(14)19-9-3-5-12-4-1-2-6-15(12)19/h7-8,10,12,15H,1-6,9H2,(H,20,21)/t12-,15-/m1/s1. The van der Waals surface area contributed by atoms with Crippen molar-refractivity contribution in [1.29, 1.82) is 5.26 Å². The van der Waals surface area contributed by atoms with Gasteiger partial charge in [0.25, 0.3) is 0 Å². The predicted molar refractivity (Wildman–Crippen MR) is 80.4 cm³/mol. The van der Waals surface area contributed by atoms with Crippen LogP contribution in [0.4, 0.5) is 5.69 Å². The van der Waals surface area contributed by atoms with Crippen molar-refractivity contribution in [2.45, 2.75) is 44.6 Å². The van der Waals surface area contributed by atoms with Crippen LogP contribution in [0.3, 0.4) is 0 Å². The number of benzene rings is 1. The van der Waals surface area contributed by atoms with E-state index in [1.165, 1.54) is 38.2 Å². The maximum Gasteiger partial charge on any atom is 0.335 e. The molecule has 1 N–H and O–H groups in total. The molecule has 1 aromatic rings. The maximum atomic E-state index is 11.1. The second-order valence-electron chi connectivity index (χ2n) is 6.10. The fourth-order valence-electron chi connectivity index (χ4n) is 3.93. The van der Waals surface area contributed by atoms with Gasteiger partial charge < -0.3 is 10.0 Å². The molecular formula is C17H20N2O2. The maximum absolute atomic E-state index is 11.1. The molecule has 4 heteroatoms. The minimum atomic E-state index is -0.979. The van der Waals surface area contributed by atoms with E-state index < -0.39 is 5.97 Å². The van der Waals surface area contributed by atoms with Crippen molar-refractivity contribution in [3.8, 4) is 6.07 Å². The van der Waals surface area contributed by atoms with Crippen molar-refractivity contribution in [1.82, 2.24) is 0 Å². The van der Waals surface area contributed by atoms with Crippen molar-refractivity contribution in [3.05, 3.63) is 29.3 Å². The molecular weight excluding hydrogens is 264 g/mol. The van der Waals surface area contributed by atoms with Gasteiger partial charge in [0, 0.05) is 12.6 Å². The lowest BCUT2D eigenvalue weighted by atomic mass is 9.78. The Kier molecular flexibility index (Phi) is 3.83. The van der Waals surface area contributed by atoms with Gasteiger partial charge in [-0.15, -0.1) is 0 Å². The fraction of sp³-hybridized carbons (Fsp3) is 0.529. The summed E-state index contributed by atoms with van der Waals surface area (Å²) in [6.45, 7) is 0.974. The number of piperidine rings is 1. The number of nitriles is 1. The Hall–Kier alpha value is -2.02. The molecule has 2 fully saturated rings. The highest BCUT2D eigenvalue weighted by Crippen LogP contribution is 2.38. The number of rotatable bonds is 2. The van der Waals surface area contributed by atoms with Crippen LogP contribution in [0.2, 0.25) is 0 Å². The van der Waals surface area contributed by atoms with Crippen LogP contribution >= 0.6 is 0 Å². The fourth-order valence-corrected chi connectivity index (χ4v) is 3.93. The van der Waals surface area contributed by atoms with E-state index in [1.54, 1.807) is 6.07 Å². The van der Waals surface area contributed by atoms with Crippen LogP contribution in [0.1, 0.15) is 54.4 Å². The molecule has 2 aliphatic rings. The molecule has 2 atom stereocenters. The molecule has 4 nitrogen and oxygen atoms in total. The quantitative estimate of drug-likeness (QED) is 0.903. The lowest BCUT2D eigenvalue weighted by Gasteiger charge is -2.45. The number of fused-ring (bicyclic) bond motifs is 1. The van der Waals surface area contributed by atoms with Crippen LogP contribution in [0.5, 0.6) is 0 Å². The van der Waals surface area contributed by atoms with E-state index in [-0.39, 0.29) is 5.56 Å². The zero-order valence-corrected chi connectivity index (χ0v) is 12.1. The first kappa shape index (κ1) is 13.9. The molecule has 21 heavy (non-hydrogen) atoms. The molecule has 1 saturated heterocycles. The molecule has 0 bridgehead atoms. The van der Waals surface area contributed by atoms with Crippen molar-refractivity contribution in [3.63, 3.8) is 0 Å². The molecule has 0 aromatic heterocycles. The minimum Gasteiger partial charge on any atom is -0.478 e. The number of anilines is 1. The Morgan fingerprint density at radius 3 is 2.76 bits per heavy atom. The topological polar surface area (TPSA) is 64.3 Å². The SMILES string of the molecule is N#Cc1cc(C(=O)O)ccc1N1CCC[C@H]2CCCC[C@H]21. The van der Waals surface area contributed by atoms with Crippen LogP contribution in [-0.2, 0) is 0 Å². The van der Waals surface area contributed by atoms with Crippen molar-refractivity contribution >= 4 is 11.7 Å². The third kappa shape index (κ3) is 2.61. The first-order valence-electron chi connectivity index (χ1n) is 7.75. The third-order valence-electron chi connectivity index (χ3n) is 4.92. The van der Waals surface area contributed by atoms with E-state index in [9.17, 15) is 10.1 Å². The Labute approximate surface area is 125 Å². The Bertz CT molecular complexity index is 589. The molecule has 1 aliphatic heterocycles. The predicted octanol–water partition coefficient (Wildman–Crippen LogP) is 3.42. The van der Waals surface area contributed by atoms with Gasteiger partial charge in [0.05, 0.1) is 16.8 Å². The largest absolute Gasteiger partial charge is 0.478 e. The number of nitrogens with zero attached hydrogens (tertiary/aromatic N) is 2. The van der Waals surface area contributed by atoms with E-state index in [1.807, 2.05) is 6.07 Å². The Morgan fingerprint density at radius 2 is 2.00 bits per heavy atom. The highest BCUT2D eigenvalue weighted by atomic mass is 16.4. The first-order valence-corrected chi connectivity index (χ1v) is 7.75. The summed E-state index contributed by atoms with van der Waals surface area (Å²) >= 11 is 0. The van der Waals surface area contributed by atoms with E-state index in [0.29, 0.717) is 11.6 Å². The molecule has 1 aromatic carbocycles. The van der Waals surface area contributed by atoms with Crippen LogP contribution < -0.4 is 4.90 Å². The van der Waals surface area contributed by atoms with Gasteiger partial charge in [-0.25, -0.2) is 4.79 Å². The van der Waals surface area contributed by atoms with Crippen LogP contribution in [0, 0.1) is 17.2 Å². The normalized spacial score (nSPS) is 25.0. The molecule has 1 heterocycles. The average molecular weight is 284 g/mol. The average Bonchev–Trinajstić information content (AvgIpc) is 2.53. The van der Waals surface area contributed by atoms with Gasteiger partial charge in [-0.05, 0) is 49.8 Å². The van der Waals surface area contributed by atoms with Gasteiger partial charge in [0.15, 0.2) is 0 Å². The number of carbonyl (C=O) groups is 1. The van der Waals surface area contributed by atoms with Gasteiger partial charge in [0.1, 0.15) is 6.07 Å². The Morgan fingerprint density at radius 1 is 1.24 bits per heavy atom. The second kappa shape index (κ2) is 5.77. The van der Waals surface area contributed by atoms with Crippen LogP contribution in [0.25, 0.3) is 0 Å². The summed E-state index contributed by atoms with van der Waals surface area (Å²) in [7, 11) is 0. The van der Waals surface area contributed by atoms with Gasteiger partial charge in [-0.2, -0.15) is 5.26 Å². The molecule has 1 saturated carbocycles. The molecule has 0 radical (unpaired) electrons. The molecule has 1 aliphatic carbocycles. The summed E-state index contributed by atoms with van der Waals surface area (Å²) in [5.74, 6) is -0.245. The lowest BCUT2D eigenvalue weighted by Crippen LogP contribution is -2.47. The molecule has 3 rings (SSSR count). The van der Waals surface area contributed by atoms with Crippen molar-refractivity contribution in [2.75, 3.05) is 11.4 Å². The smallest absolute Gasteiger partial charge is 0.335 e. The number of aromatic carboxylic acids is 1. The Balaban J connectivity index is 1.95. The molecule has 0 unspecified atom stereocenters. The monoisotopic (exact) mass is 284 g/mol. The number of carboxylic acids is 1. The van der Waals surface area contributed by atoms with E-state index >= 15 is 0 Å². The first-order chi connectivity index (χ1) is 10.2. The van der Waals surface area contributed by atoms with Gasteiger partial charge >= 0.3 is 5.97 Å². The van der Waals surface area contributed by atoms with Gasteiger partial charge in [-0.1, -0.05) is 12.8 Å². The summed E-state index contributed by atoms with van der Waals surface area (Å²) < 4.78 is 0. The summed E-state index contributed by atoms with van der Waals surface area (Å²) in [6, 6.07) is 7.64. The zero-order chi connectivity index (χ0) is 14.8. The van der Waals surface area contributed by atoms with Crippen LogP contribution in [0.15, 0.2) is 18.2 Å². The van der Waals surface area contributed by atoms with Gasteiger partial charge in [-0.3, -0.25) is 0 Å². The molecule has 0 spiro atoms. The minimum absolute atomic E-state index is 0.188. The highest BCUT2D eigenvalue weighted by Gasteiger charge is 2.34. The summed E-state index contributed by atoms with van der Waals surface area (Å²) in [4.78, 5) is 13.4. The number of hydrogen-bond donors (Lipinski definition) is 1. The van der Waals surface area contributed by atoms with E-state index in [0.717, 1.165) is 24.6 Å². The number of hydrogen-bond acceptors (Lipinski definition) is 3. The summed E-state index contributed by atoms with van der Waals surface area (Å²) in [5.41, 5.74) is 1.59. The lowest BCUT2D eigenvalue weighted by molar-refractivity contribution is 0.0697. The van der Waals surface area contributed by atoms with Crippen molar-refractivity contribution < 1.29 is 9.90 Å². The molecule has 110 valence electrons. The summed E-state index contributed by atoms with van der Waals surface area (Å²) in [6.07, 6.45) is 7.50. The summed E-state index contributed by atoms with van der Waals surface area (Å²) in [5, 5.41) is 18.5. The van der Waals surface area contributed by atoms with E-state index in [4.69, 9.17) is 5.11 Å². The van der Waals surface area contributed by atoms with Gasteiger partial charge in [0.2, 0.25) is 0 Å². The van der Waals surface area contributed by atoms with E-state index in [2.05, 4.69) is 11.0 Å². The van der Waals surface area contributed by atoms with Crippen molar-refractivity contribution in [2.24, 2.45) is 5.92 Å². The third-order valence-corrected chi connectivity index (χ3v) is 4.92. The second-order valence-corrected chi connectivity index (χ2v) is 6.10. The molecule has 0 amide bonds. The number of carboxylic acid groups (broad SMARTS) is 1. The highest BCUT2D eigenvalue weighted by molar-refractivity contribution is 5.89. The zero-order valence-electron chi connectivity index (χ0n) is 12.1.